The third-order valence-corrected chi connectivity index (χ3v) is 2.59. The zero-order valence-electron chi connectivity index (χ0n) is 9.12. The normalized spacial score (nSPS) is 11.9. The number of carbonyl (C=O) groups is 1. The summed E-state index contributed by atoms with van der Waals surface area (Å²) in [6, 6.07) is 0. The molecule has 0 saturated heterocycles. The van der Waals surface area contributed by atoms with Crippen LogP contribution in [0.1, 0.15) is 26.7 Å². The Hall–Kier alpha value is -0.653. The zero-order valence-corrected chi connectivity index (χ0v) is 10.1. The Morgan fingerprint density at radius 2 is 1.93 bits per heavy atom. The van der Waals surface area contributed by atoms with Gasteiger partial charge in [0.1, 0.15) is 0 Å². The number of hydrogen-bond donors (Lipinski definition) is 0. The van der Waals surface area contributed by atoms with Gasteiger partial charge in [-0.25, -0.2) is 4.79 Å². The topological polar surface area (TPSA) is 44.8 Å². The van der Waals surface area contributed by atoms with Crippen LogP contribution in [0, 0.1) is 0 Å². The maximum atomic E-state index is 11.4. The number of hydrogen-bond acceptors (Lipinski definition) is 4. The lowest BCUT2D eigenvalue weighted by Gasteiger charge is -2.09. The Morgan fingerprint density at radius 1 is 1.36 bits per heavy atom. The monoisotopic (exact) mass is 217 g/mol. The lowest BCUT2D eigenvalue weighted by Crippen LogP contribution is -2.27. The molecule has 0 aromatic rings. The Morgan fingerprint density at radius 3 is 2.36 bits per heavy atom. The highest BCUT2D eigenvalue weighted by atomic mass is 28.3. The van der Waals surface area contributed by atoms with Crippen molar-refractivity contribution in [3.8, 4) is 0 Å². The standard InChI is InChI=1S/C9H17O4Si/c1-5-6-7-8(2)9(10)13-14(11-3)12-4/h7H,5-6H2,1-4H3. The number of unbranched alkanes of at least 4 members (excludes halogenated alkanes) is 1. The summed E-state index contributed by atoms with van der Waals surface area (Å²) in [5, 5.41) is 0. The molecule has 0 bridgehead atoms. The van der Waals surface area contributed by atoms with Crippen LogP contribution in [0.5, 0.6) is 0 Å². The fourth-order valence-corrected chi connectivity index (χ4v) is 1.41. The molecule has 0 heterocycles. The van der Waals surface area contributed by atoms with Crippen LogP contribution in [-0.4, -0.2) is 29.7 Å². The first-order chi connectivity index (χ1) is 6.65. The molecule has 0 N–H and O–H groups in total. The van der Waals surface area contributed by atoms with Gasteiger partial charge in [0.25, 0.3) is 0 Å². The first-order valence-corrected chi connectivity index (χ1v) is 5.72. The van der Waals surface area contributed by atoms with E-state index in [-0.39, 0.29) is 5.97 Å². The van der Waals surface area contributed by atoms with Gasteiger partial charge in [0.15, 0.2) is 0 Å². The molecule has 14 heavy (non-hydrogen) atoms. The molecule has 0 aliphatic rings. The summed E-state index contributed by atoms with van der Waals surface area (Å²) in [4.78, 5) is 11.4. The fourth-order valence-electron chi connectivity index (χ4n) is 0.767. The molecular formula is C9H17O4Si. The third-order valence-electron chi connectivity index (χ3n) is 1.57. The molecule has 0 saturated carbocycles. The molecule has 0 rings (SSSR count). The highest BCUT2D eigenvalue weighted by molar-refractivity contribution is 6.39. The van der Waals surface area contributed by atoms with E-state index in [0.29, 0.717) is 5.57 Å². The van der Waals surface area contributed by atoms with E-state index in [9.17, 15) is 4.79 Å². The minimum absolute atomic E-state index is 0.365. The molecule has 0 aliphatic heterocycles. The largest absolute Gasteiger partial charge is 0.658 e. The maximum absolute atomic E-state index is 11.4. The van der Waals surface area contributed by atoms with Gasteiger partial charge in [-0.1, -0.05) is 19.4 Å². The van der Waals surface area contributed by atoms with Gasteiger partial charge < -0.3 is 13.3 Å². The molecule has 5 heteroatoms. The van der Waals surface area contributed by atoms with Crippen LogP contribution in [0.4, 0.5) is 0 Å². The van der Waals surface area contributed by atoms with Crippen LogP contribution in [0.2, 0.25) is 0 Å². The van der Waals surface area contributed by atoms with Crippen LogP contribution >= 0.6 is 0 Å². The highest BCUT2D eigenvalue weighted by Gasteiger charge is 2.21. The molecule has 0 aromatic carbocycles. The predicted octanol–water partition coefficient (Wildman–Crippen LogP) is 1.55. The van der Waals surface area contributed by atoms with Crippen molar-refractivity contribution in [2.24, 2.45) is 0 Å². The SMILES string of the molecule is CCCC=C(C)C(=O)O[Si](OC)OC. The van der Waals surface area contributed by atoms with Gasteiger partial charge in [0.05, 0.1) is 0 Å². The summed E-state index contributed by atoms with van der Waals surface area (Å²) in [6.45, 7) is 3.78. The minimum atomic E-state index is -1.88. The van der Waals surface area contributed by atoms with Crippen molar-refractivity contribution in [3.05, 3.63) is 11.6 Å². The summed E-state index contributed by atoms with van der Waals surface area (Å²) in [7, 11) is 1.03. The lowest BCUT2D eigenvalue weighted by atomic mass is 10.2. The molecule has 0 fully saturated rings. The van der Waals surface area contributed by atoms with Crippen molar-refractivity contribution in [2.75, 3.05) is 14.2 Å². The average molecular weight is 217 g/mol. The molecule has 0 aromatic heterocycles. The van der Waals surface area contributed by atoms with E-state index in [1.807, 2.05) is 6.08 Å². The van der Waals surface area contributed by atoms with Gasteiger partial charge in [-0.3, -0.25) is 0 Å². The van der Waals surface area contributed by atoms with E-state index in [1.165, 1.54) is 14.2 Å². The first kappa shape index (κ1) is 13.3. The second kappa shape index (κ2) is 7.72. The van der Waals surface area contributed by atoms with E-state index < -0.39 is 9.53 Å². The fraction of sp³-hybridized carbons (Fsp3) is 0.667. The van der Waals surface area contributed by atoms with Crippen LogP contribution in [0.25, 0.3) is 0 Å². The zero-order chi connectivity index (χ0) is 11.0. The van der Waals surface area contributed by atoms with Gasteiger partial charge in [-0.2, -0.15) is 0 Å². The van der Waals surface area contributed by atoms with Crippen LogP contribution in [0.3, 0.4) is 0 Å². The van der Waals surface area contributed by atoms with E-state index in [4.69, 9.17) is 13.3 Å². The van der Waals surface area contributed by atoms with Crippen molar-refractivity contribution >= 4 is 15.5 Å². The summed E-state index contributed by atoms with van der Waals surface area (Å²) in [5.74, 6) is -0.365. The molecule has 0 aliphatic carbocycles. The van der Waals surface area contributed by atoms with Crippen molar-refractivity contribution < 1.29 is 18.1 Å². The van der Waals surface area contributed by atoms with Crippen LogP contribution in [-0.2, 0) is 18.1 Å². The summed E-state index contributed by atoms with van der Waals surface area (Å²) >= 11 is 0. The Balaban J connectivity index is 4.05. The molecule has 1 radical (unpaired) electrons. The van der Waals surface area contributed by atoms with E-state index in [1.54, 1.807) is 6.92 Å². The molecule has 4 nitrogen and oxygen atoms in total. The molecule has 0 atom stereocenters. The number of allylic oxidation sites excluding steroid dienone is 1. The second-order valence-electron chi connectivity index (χ2n) is 2.72. The van der Waals surface area contributed by atoms with E-state index in [0.717, 1.165) is 12.8 Å². The summed E-state index contributed by atoms with van der Waals surface area (Å²) in [6.07, 6.45) is 3.74. The average Bonchev–Trinajstić information content (AvgIpc) is 2.21. The second-order valence-corrected chi connectivity index (χ2v) is 4.24. The molecule has 81 valence electrons. The van der Waals surface area contributed by atoms with E-state index >= 15 is 0 Å². The van der Waals surface area contributed by atoms with Crippen LogP contribution in [0.15, 0.2) is 11.6 Å². The van der Waals surface area contributed by atoms with Gasteiger partial charge in [0, 0.05) is 19.8 Å². The van der Waals surface area contributed by atoms with Gasteiger partial charge in [0.2, 0.25) is 0 Å². The Bertz CT molecular complexity index is 199. The lowest BCUT2D eigenvalue weighted by molar-refractivity contribution is -0.133. The summed E-state index contributed by atoms with van der Waals surface area (Å²) < 4.78 is 14.6. The van der Waals surface area contributed by atoms with Crippen molar-refractivity contribution in [2.45, 2.75) is 26.7 Å². The quantitative estimate of drug-likeness (QED) is 0.500. The Kier molecular flexibility index (Phi) is 7.36. The predicted molar refractivity (Wildman–Crippen MR) is 54.5 cm³/mol. The van der Waals surface area contributed by atoms with Gasteiger partial charge >= 0.3 is 15.5 Å². The third kappa shape index (κ3) is 5.16. The molecular weight excluding hydrogens is 200 g/mol. The number of carbonyl (C=O) groups excluding carboxylic acids is 1. The Labute approximate surface area is 86.8 Å². The minimum Gasteiger partial charge on any atom is -0.467 e. The molecule has 0 unspecified atom stereocenters. The first-order valence-electron chi connectivity index (χ1n) is 4.49. The van der Waals surface area contributed by atoms with Crippen molar-refractivity contribution in [1.29, 1.82) is 0 Å². The van der Waals surface area contributed by atoms with Gasteiger partial charge in [-0.15, -0.1) is 0 Å². The van der Waals surface area contributed by atoms with Crippen molar-refractivity contribution in [3.63, 3.8) is 0 Å². The molecule has 0 amide bonds. The molecule has 0 spiro atoms. The highest BCUT2D eigenvalue weighted by Crippen LogP contribution is 2.02. The summed E-state index contributed by atoms with van der Waals surface area (Å²) in [5.41, 5.74) is 0.600. The van der Waals surface area contributed by atoms with E-state index in [2.05, 4.69) is 6.92 Å². The van der Waals surface area contributed by atoms with Crippen LogP contribution < -0.4 is 0 Å². The maximum Gasteiger partial charge on any atom is 0.658 e. The smallest absolute Gasteiger partial charge is 0.467 e. The van der Waals surface area contributed by atoms with Crippen molar-refractivity contribution in [1.82, 2.24) is 0 Å². The van der Waals surface area contributed by atoms with Gasteiger partial charge in [-0.05, 0) is 13.3 Å². The number of rotatable bonds is 6.